The summed E-state index contributed by atoms with van der Waals surface area (Å²) in [5.74, 6) is 2.58. The molecule has 2 aromatic rings. The van der Waals surface area contributed by atoms with Gasteiger partial charge in [0.05, 0.1) is 0 Å². The fraction of sp³-hybridized carbons (Fsp3) is 0.286. The summed E-state index contributed by atoms with van der Waals surface area (Å²) in [5, 5.41) is 0. The van der Waals surface area contributed by atoms with E-state index >= 15 is 0 Å². The van der Waals surface area contributed by atoms with Crippen LogP contribution in [0.3, 0.4) is 0 Å². The Balaban J connectivity index is 0.000000153. The van der Waals surface area contributed by atoms with Crippen molar-refractivity contribution in [2.75, 3.05) is 0 Å². The quantitative estimate of drug-likeness (QED) is 0.511. The molecule has 0 unspecified atom stereocenters. The molecule has 0 N–H and O–H groups in total. The second kappa shape index (κ2) is 5.86. The number of rotatable bonds is 0. The summed E-state index contributed by atoms with van der Waals surface area (Å²) >= 11 is 0. The molecule has 0 spiro atoms. The van der Waals surface area contributed by atoms with Crippen molar-refractivity contribution in [1.29, 1.82) is 0 Å². The van der Waals surface area contributed by atoms with Crippen LogP contribution in [0.15, 0.2) is 34.9 Å². The Hall–Kier alpha value is -2.08. The maximum atomic E-state index is 5.11. The van der Waals surface area contributed by atoms with Crippen LogP contribution >= 0.6 is 0 Å². The number of aromatic nitrogens is 2. The van der Waals surface area contributed by atoms with Gasteiger partial charge in [-0.2, -0.15) is 4.98 Å². The van der Waals surface area contributed by atoms with Gasteiger partial charge in [0.15, 0.2) is 11.2 Å². The molecule has 0 radical (unpaired) electrons. The van der Waals surface area contributed by atoms with Crippen molar-refractivity contribution in [3.63, 3.8) is 0 Å². The molecule has 3 nitrogen and oxygen atoms in total. The van der Waals surface area contributed by atoms with Gasteiger partial charge >= 0.3 is 0 Å². The molecule has 3 rings (SSSR count). The molecule has 2 heterocycles. The van der Waals surface area contributed by atoms with Gasteiger partial charge in [-0.15, -0.1) is 6.42 Å². The Morgan fingerprint density at radius 1 is 1.24 bits per heavy atom. The molecule has 0 bridgehead atoms. The van der Waals surface area contributed by atoms with E-state index in [1.54, 1.807) is 18.3 Å². The van der Waals surface area contributed by atoms with Crippen molar-refractivity contribution >= 4 is 11.2 Å². The summed E-state index contributed by atoms with van der Waals surface area (Å²) in [7, 11) is 0. The van der Waals surface area contributed by atoms with E-state index in [4.69, 9.17) is 10.8 Å². The van der Waals surface area contributed by atoms with E-state index in [1.807, 2.05) is 0 Å². The number of hydrogen-bond acceptors (Lipinski definition) is 3. The number of terminal acetylenes is 1. The fourth-order valence-corrected chi connectivity index (χ4v) is 1.59. The minimum atomic E-state index is 0.277. The second-order valence-corrected chi connectivity index (χ2v) is 3.74. The van der Waals surface area contributed by atoms with Crippen LogP contribution in [0, 0.1) is 12.3 Å². The van der Waals surface area contributed by atoms with Crippen LogP contribution in [0.4, 0.5) is 0 Å². The zero-order valence-electron chi connectivity index (χ0n) is 9.60. The van der Waals surface area contributed by atoms with E-state index in [0.717, 1.165) is 0 Å². The molecule has 86 valence electrons. The SMILES string of the molecule is C#Cc1nc2ncccc2o1.C1=CCCCC1. The maximum absolute atomic E-state index is 5.11. The van der Waals surface area contributed by atoms with Gasteiger partial charge in [0.1, 0.15) is 0 Å². The van der Waals surface area contributed by atoms with Crippen molar-refractivity contribution < 1.29 is 4.42 Å². The Bertz CT molecular complexity index is 508. The van der Waals surface area contributed by atoms with Crippen molar-refractivity contribution in [3.05, 3.63) is 36.4 Å². The van der Waals surface area contributed by atoms with Crippen molar-refractivity contribution in [3.8, 4) is 12.3 Å². The monoisotopic (exact) mass is 226 g/mol. The first-order valence-corrected chi connectivity index (χ1v) is 5.73. The first kappa shape index (κ1) is 11.4. The Morgan fingerprint density at radius 2 is 2.00 bits per heavy atom. The van der Waals surface area contributed by atoms with Gasteiger partial charge in [0.2, 0.25) is 0 Å². The summed E-state index contributed by atoms with van der Waals surface area (Å²) in [6, 6.07) is 3.55. The Labute approximate surface area is 101 Å². The number of hydrogen-bond donors (Lipinski definition) is 0. The highest BCUT2D eigenvalue weighted by molar-refractivity contribution is 5.67. The number of allylic oxidation sites excluding steroid dienone is 2. The molecule has 0 aromatic carbocycles. The lowest BCUT2D eigenvalue weighted by molar-refractivity contribution is 0.586. The van der Waals surface area contributed by atoms with Gasteiger partial charge in [-0.25, -0.2) is 4.98 Å². The molecule has 0 atom stereocenters. The normalized spacial score (nSPS) is 13.8. The number of nitrogens with zero attached hydrogens (tertiary/aromatic N) is 2. The van der Waals surface area contributed by atoms with Crippen LogP contribution in [-0.4, -0.2) is 9.97 Å². The van der Waals surface area contributed by atoms with E-state index < -0.39 is 0 Å². The van der Waals surface area contributed by atoms with E-state index in [1.165, 1.54) is 25.7 Å². The van der Waals surface area contributed by atoms with Gasteiger partial charge in [-0.3, -0.25) is 0 Å². The van der Waals surface area contributed by atoms with E-state index in [0.29, 0.717) is 11.2 Å². The van der Waals surface area contributed by atoms with Crippen molar-refractivity contribution in [2.45, 2.75) is 25.7 Å². The molecule has 0 amide bonds. The van der Waals surface area contributed by atoms with E-state index in [2.05, 4.69) is 28.0 Å². The largest absolute Gasteiger partial charge is 0.428 e. The lowest BCUT2D eigenvalue weighted by atomic mass is 10.1. The molecule has 0 saturated heterocycles. The van der Waals surface area contributed by atoms with Gasteiger partial charge in [0, 0.05) is 6.20 Å². The van der Waals surface area contributed by atoms with Gasteiger partial charge in [-0.05, 0) is 43.7 Å². The maximum Gasteiger partial charge on any atom is 0.275 e. The van der Waals surface area contributed by atoms with Crippen LogP contribution in [-0.2, 0) is 0 Å². The third kappa shape index (κ3) is 3.18. The van der Waals surface area contributed by atoms with Gasteiger partial charge < -0.3 is 4.42 Å². The molecule has 3 heteroatoms. The van der Waals surface area contributed by atoms with Crippen LogP contribution < -0.4 is 0 Å². The zero-order chi connectivity index (χ0) is 11.9. The fourth-order valence-electron chi connectivity index (χ4n) is 1.59. The first-order valence-electron chi connectivity index (χ1n) is 5.73. The predicted molar refractivity (Wildman–Crippen MR) is 67.3 cm³/mol. The third-order valence-corrected chi connectivity index (χ3v) is 2.45. The number of oxazole rings is 1. The number of pyridine rings is 1. The average Bonchev–Trinajstić information content (AvgIpc) is 2.84. The highest BCUT2D eigenvalue weighted by Gasteiger charge is 2.01. The highest BCUT2D eigenvalue weighted by Crippen LogP contribution is 2.10. The molecular weight excluding hydrogens is 212 g/mol. The minimum Gasteiger partial charge on any atom is -0.428 e. The third-order valence-electron chi connectivity index (χ3n) is 2.45. The Kier molecular flexibility index (Phi) is 3.93. The topological polar surface area (TPSA) is 38.9 Å². The predicted octanol–water partition coefficient (Wildman–Crippen LogP) is 3.32. The van der Waals surface area contributed by atoms with Gasteiger partial charge in [-0.1, -0.05) is 12.2 Å². The summed E-state index contributed by atoms with van der Waals surface area (Å²) in [4.78, 5) is 7.87. The lowest BCUT2D eigenvalue weighted by Gasteiger charge is -1.97. The molecular formula is C14H14N2O. The first-order chi connectivity index (χ1) is 8.40. The molecule has 2 aromatic heterocycles. The molecule has 0 aliphatic heterocycles. The smallest absolute Gasteiger partial charge is 0.275 e. The van der Waals surface area contributed by atoms with Crippen LogP contribution in [0.25, 0.3) is 11.2 Å². The van der Waals surface area contributed by atoms with Gasteiger partial charge in [0.25, 0.3) is 5.89 Å². The summed E-state index contributed by atoms with van der Waals surface area (Å²) < 4.78 is 5.11. The molecule has 17 heavy (non-hydrogen) atoms. The standard InChI is InChI=1S/C8H4N2O.C6H10/c1-2-7-10-8-6(11-7)4-3-5-9-8;1-2-4-6-5-3-1/h1,3-5H;1-2H,3-6H2. The summed E-state index contributed by atoms with van der Waals surface area (Å²) in [6.07, 6.45) is 16.7. The van der Waals surface area contributed by atoms with Crippen LogP contribution in [0.2, 0.25) is 0 Å². The second-order valence-electron chi connectivity index (χ2n) is 3.74. The highest BCUT2D eigenvalue weighted by atomic mass is 16.3. The van der Waals surface area contributed by atoms with E-state index in [9.17, 15) is 0 Å². The molecule has 1 aliphatic carbocycles. The van der Waals surface area contributed by atoms with Crippen LogP contribution in [0.5, 0.6) is 0 Å². The summed E-state index contributed by atoms with van der Waals surface area (Å²) in [5.41, 5.74) is 1.18. The van der Waals surface area contributed by atoms with E-state index in [-0.39, 0.29) is 5.89 Å². The zero-order valence-corrected chi connectivity index (χ0v) is 9.60. The minimum absolute atomic E-state index is 0.277. The number of fused-ring (bicyclic) bond motifs is 1. The molecule has 0 fully saturated rings. The molecule has 0 saturated carbocycles. The lowest BCUT2D eigenvalue weighted by Crippen LogP contribution is -1.77. The van der Waals surface area contributed by atoms with Crippen molar-refractivity contribution in [1.82, 2.24) is 9.97 Å². The van der Waals surface area contributed by atoms with Crippen LogP contribution in [0.1, 0.15) is 31.6 Å². The molecule has 1 aliphatic rings. The Morgan fingerprint density at radius 3 is 2.53 bits per heavy atom. The average molecular weight is 226 g/mol. The van der Waals surface area contributed by atoms with Crippen molar-refractivity contribution in [2.24, 2.45) is 0 Å². The summed E-state index contributed by atoms with van der Waals surface area (Å²) in [6.45, 7) is 0.